The van der Waals surface area contributed by atoms with E-state index in [9.17, 15) is 13.6 Å². The molecule has 8 nitrogen and oxygen atoms in total. The predicted octanol–water partition coefficient (Wildman–Crippen LogP) is 3.06. The highest BCUT2D eigenvalue weighted by molar-refractivity contribution is 6.29. The van der Waals surface area contributed by atoms with Crippen molar-refractivity contribution in [3.05, 3.63) is 88.7 Å². The van der Waals surface area contributed by atoms with Crippen LogP contribution in [-0.2, 0) is 12.5 Å². The summed E-state index contributed by atoms with van der Waals surface area (Å²) in [5.74, 6) is -2.05. The van der Waals surface area contributed by atoms with Gasteiger partial charge in [-0.1, -0.05) is 22.9 Å². The maximum absolute atomic E-state index is 14.0. The summed E-state index contributed by atoms with van der Waals surface area (Å²) >= 11 is 6.09. The summed E-state index contributed by atoms with van der Waals surface area (Å²) in [7, 11) is 1.79. The highest BCUT2D eigenvalue weighted by Gasteiger charge is 2.33. The van der Waals surface area contributed by atoms with Crippen LogP contribution in [0.2, 0.25) is 5.15 Å². The minimum atomic E-state index is -0.821. The SMILES string of the molecule is Cn1cc(C(C)(CNC(=O)c2cn(-c3ccc(F)cc3F)nn2)c2cccc(Cl)n2)cn1. The van der Waals surface area contributed by atoms with Crippen molar-refractivity contribution in [2.24, 2.45) is 7.05 Å². The molecule has 1 N–H and O–H groups in total. The first-order valence-electron chi connectivity index (χ1n) is 9.54. The van der Waals surface area contributed by atoms with Gasteiger partial charge in [-0.05, 0) is 31.2 Å². The van der Waals surface area contributed by atoms with E-state index in [4.69, 9.17) is 11.6 Å². The zero-order chi connectivity index (χ0) is 22.9. The molecule has 0 fully saturated rings. The molecule has 1 unspecified atom stereocenters. The first kappa shape index (κ1) is 21.6. The molecule has 0 aliphatic heterocycles. The Bertz CT molecular complexity index is 1290. The molecule has 1 amide bonds. The van der Waals surface area contributed by atoms with Gasteiger partial charge in [0, 0.05) is 31.4 Å². The van der Waals surface area contributed by atoms with Crippen LogP contribution in [0.5, 0.6) is 0 Å². The second-order valence-corrected chi connectivity index (χ2v) is 7.79. The van der Waals surface area contributed by atoms with Crippen LogP contribution in [0.15, 0.2) is 55.0 Å². The predicted molar refractivity (Wildman–Crippen MR) is 113 cm³/mol. The van der Waals surface area contributed by atoms with E-state index in [2.05, 4.69) is 25.7 Å². The van der Waals surface area contributed by atoms with Gasteiger partial charge < -0.3 is 5.32 Å². The summed E-state index contributed by atoms with van der Waals surface area (Å²) in [5.41, 5.74) is 0.679. The molecular weight excluding hydrogens is 440 g/mol. The smallest absolute Gasteiger partial charge is 0.273 e. The van der Waals surface area contributed by atoms with Gasteiger partial charge in [0.1, 0.15) is 16.7 Å². The molecule has 0 spiro atoms. The summed E-state index contributed by atoms with van der Waals surface area (Å²) in [6, 6.07) is 8.30. The second kappa shape index (κ2) is 8.46. The van der Waals surface area contributed by atoms with Gasteiger partial charge in [-0.15, -0.1) is 5.10 Å². The molecule has 4 rings (SSSR count). The Morgan fingerprint density at radius 2 is 2.03 bits per heavy atom. The van der Waals surface area contributed by atoms with Crippen molar-refractivity contribution < 1.29 is 13.6 Å². The molecule has 0 radical (unpaired) electrons. The number of nitrogens with one attached hydrogen (secondary N) is 1. The summed E-state index contributed by atoms with van der Waals surface area (Å²) in [6.45, 7) is 2.07. The van der Waals surface area contributed by atoms with E-state index in [-0.39, 0.29) is 17.9 Å². The van der Waals surface area contributed by atoms with Crippen molar-refractivity contribution in [1.29, 1.82) is 0 Å². The van der Waals surface area contributed by atoms with Crippen molar-refractivity contribution in [2.75, 3.05) is 6.54 Å². The van der Waals surface area contributed by atoms with Gasteiger partial charge in [-0.3, -0.25) is 9.48 Å². The number of hydrogen-bond acceptors (Lipinski definition) is 5. The Hall–Kier alpha value is -3.66. The molecular formula is C21H18ClF2N7O. The van der Waals surface area contributed by atoms with Crippen molar-refractivity contribution in [1.82, 2.24) is 35.1 Å². The molecule has 32 heavy (non-hydrogen) atoms. The lowest BCUT2D eigenvalue weighted by Crippen LogP contribution is -2.40. The Balaban J connectivity index is 1.58. The minimum Gasteiger partial charge on any atom is -0.349 e. The molecule has 0 bridgehead atoms. The number of aromatic nitrogens is 6. The van der Waals surface area contributed by atoms with E-state index in [1.165, 1.54) is 12.3 Å². The maximum atomic E-state index is 14.0. The highest BCUT2D eigenvalue weighted by Crippen LogP contribution is 2.30. The Kier molecular flexibility index (Phi) is 5.70. The average Bonchev–Trinajstić information content (AvgIpc) is 3.41. The molecule has 11 heteroatoms. The molecule has 4 aromatic rings. The van der Waals surface area contributed by atoms with Gasteiger partial charge in [-0.25, -0.2) is 18.4 Å². The first-order valence-corrected chi connectivity index (χ1v) is 9.92. The number of nitrogens with zero attached hydrogens (tertiary/aromatic N) is 6. The molecule has 0 saturated carbocycles. The van der Waals surface area contributed by atoms with Crippen LogP contribution in [-0.4, -0.2) is 42.2 Å². The van der Waals surface area contributed by atoms with Gasteiger partial charge in [0.25, 0.3) is 5.91 Å². The lowest BCUT2D eigenvalue weighted by Gasteiger charge is -2.28. The number of pyridine rings is 1. The molecule has 164 valence electrons. The molecule has 0 saturated heterocycles. The third-order valence-corrected chi connectivity index (χ3v) is 5.32. The summed E-state index contributed by atoms with van der Waals surface area (Å²) in [5, 5.41) is 15.0. The van der Waals surface area contributed by atoms with Gasteiger partial charge in [0.05, 0.1) is 23.5 Å². The van der Waals surface area contributed by atoms with Crippen molar-refractivity contribution in [2.45, 2.75) is 12.3 Å². The molecule has 0 aliphatic carbocycles. The monoisotopic (exact) mass is 457 g/mol. The molecule has 3 aromatic heterocycles. The van der Waals surface area contributed by atoms with Gasteiger partial charge in [0.15, 0.2) is 11.5 Å². The quantitative estimate of drug-likeness (QED) is 0.449. The highest BCUT2D eigenvalue weighted by atomic mass is 35.5. The lowest BCUT2D eigenvalue weighted by atomic mass is 9.80. The van der Waals surface area contributed by atoms with Crippen LogP contribution >= 0.6 is 11.6 Å². The summed E-state index contributed by atoms with van der Waals surface area (Å²) in [4.78, 5) is 17.2. The van der Waals surface area contributed by atoms with E-state index in [0.717, 1.165) is 22.4 Å². The van der Waals surface area contributed by atoms with E-state index in [0.29, 0.717) is 10.8 Å². The van der Waals surface area contributed by atoms with Crippen molar-refractivity contribution in [3.63, 3.8) is 0 Å². The molecule has 1 atom stereocenters. The average molecular weight is 458 g/mol. The lowest BCUT2D eigenvalue weighted by molar-refractivity contribution is 0.0942. The topological polar surface area (TPSA) is 90.5 Å². The number of hydrogen-bond donors (Lipinski definition) is 1. The van der Waals surface area contributed by atoms with Crippen molar-refractivity contribution in [3.8, 4) is 5.69 Å². The van der Waals surface area contributed by atoms with Crippen molar-refractivity contribution >= 4 is 17.5 Å². The van der Waals surface area contributed by atoms with Gasteiger partial charge in [-0.2, -0.15) is 5.10 Å². The van der Waals surface area contributed by atoms with Gasteiger partial charge >= 0.3 is 0 Å². The number of carbonyl (C=O) groups is 1. The number of halogens is 3. The summed E-state index contributed by atoms with van der Waals surface area (Å²) in [6.07, 6.45) is 4.80. The Morgan fingerprint density at radius 3 is 2.72 bits per heavy atom. The largest absolute Gasteiger partial charge is 0.349 e. The van der Waals surface area contributed by atoms with Crippen LogP contribution in [0, 0.1) is 11.6 Å². The van der Waals surface area contributed by atoms with Crippen LogP contribution in [0.3, 0.4) is 0 Å². The molecule has 3 heterocycles. The van der Waals surface area contributed by atoms with Gasteiger partial charge in [0.2, 0.25) is 0 Å². The second-order valence-electron chi connectivity index (χ2n) is 7.41. The fourth-order valence-electron chi connectivity index (χ4n) is 3.26. The van der Waals surface area contributed by atoms with E-state index in [1.54, 1.807) is 30.1 Å². The van der Waals surface area contributed by atoms with E-state index >= 15 is 0 Å². The first-order chi connectivity index (χ1) is 15.3. The number of rotatable bonds is 6. The number of aryl methyl sites for hydroxylation is 1. The third kappa shape index (κ3) is 4.22. The fraction of sp³-hybridized carbons (Fsp3) is 0.190. The number of carbonyl (C=O) groups excluding carboxylic acids is 1. The fourth-order valence-corrected chi connectivity index (χ4v) is 3.43. The van der Waals surface area contributed by atoms with E-state index < -0.39 is 23.0 Å². The van der Waals surface area contributed by atoms with Crippen LogP contribution in [0.4, 0.5) is 8.78 Å². The van der Waals surface area contributed by atoms with Crippen LogP contribution in [0.25, 0.3) is 5.69 Å². The molecule has 0 aliphatic rings. The standard InChI is InChI=1S/C21H18ClF2N7O/c1-21(13-9-26-30(2)10-13,18-4-3-5-19(22)27-18)12-25-20(32)16-11-31(29-28-16)17-7-6-14(23)8-15(17)24/h3-11H,12H2,1-2H3,(H,25,32). The number of amides is 1. The Morgan fingerprint density at radius 1 is 1.22 bits per heavy atom. The minimum absolute atomic E-state index is 0.0266. The zero-order valence-corrected chi connectivity index (χ0v) is 17.9. The Labute approximate surface area is 186 Å². The maximum Gasteiger partial charge on any atom is 0.273 e. The number of benzene rings is 1. The van der Waals surface area contributed by atoms with Crippen LogP contribution < -0.4 is 5.32 Å². The van der Waals surface area contributed by atoms with E-state index in [1.807, 2.05) is 19.2 Å². The summed E-state index contributed by atoms with van der Waals surface area (Å²) < 4.78 is 29.9. The third-order valence-electron chi connectivity index (χ3n) is 5.11. The normalized spacial score (nSPS) is 13.0. The zero-order valence-electron chi connectivity index (χ0n) is 17.1. The molecule has 1 aromatic carbocycles. The van der Waals surface area contributed by atoms with Crippen LogP contribution in [0.1, 0.15) is 28.7 Å².